The Morgan fingerprint density at radius 3 is 2.58 bits per heavy atom. The molecular weight excluding hydrogens is 352 g/mol. The number of nitrogens with zero attached hydrogens (tertiary/aromatic N) is 1. The number of thioether (sulfide) groups is 1. The van der Waals surface area contributed by atoms with Gasteiger partial charge >= 0.3 is 6.03 Å². The van der Waals surface area contributed by atoms with Crippen molar-refractivity contribution in [2.75, 3.05) is 18.1 Å². The van der Waals surface area contributed by atoms with Crippen molar-refractivity contribution >= 4 is 35.3 Å². The minimum Gasteiger partial charge on any atom is -0.342 e. The van der Waals surface area contributed by atoms with Gasteiger partial charge in [-0.05, 0) is 42.9 Å². The Labute approximate surface area is 157 Å². The van der Waals surface area contributed by atoms with Gasteiger partial charge in [0, 0.05) is 17.1 Å². The number of hydrogen-bond donors (Lipinski definition) is 3. The van der Waals surface area contributed by atoms with Gasteiger partial charge in [-0.1, -0.05) is 13.8 Å². The first-order chi connectivity index (χ1) is 12.4. The van der Waals surface area contributed by atoms with Gasteiger partial charge in [0.1, 0.15) is 12.1 Å². The molecule has 26 heavy (non-hydrogen) atoms. The molecule has 2 heterocycles. The van der Waals surface area contributed by atoms with Crippen molar-refractivity contribution in [2.45, 2.75) is 43.3 Å². The molecule has 4 amide bonds. The van der Waals surface area contributed by atoms with Gasteiger partial charge in [0.15, 0.2) is 0 Å². The lowest BCUT2D eigenvalue weighted by Crippen LogP contribution is -2.62. The number of nitrogens with one attached hydrogen (secondary N) is 3. The van der Waals surface area contributed by atoms with E-state index in [0.29, 0.717) is 18.7 Å². The monoisotopic (exact) mass is 376 g/mol. The highest BCUT2D eigenvalue weighted by Gasteiger charge is 2.47. The normalized spacial score (nSPS) is 25.1. The summed E-state index contributed by atoms with van der Waals surface area (Å²) in [6.45, 7) is 4.18. The molecule has 7 nitrogen and oxygen atoms in total. The van der Waals surface area contributed by atoms with E-state index in [4.69, 9.17) is 0 Å². The Balaban J connectivity index is 1.59. The van der Waals surface area contributed by atoms with Crippen LogP contribution >= 0.6 is 11.8 Å². The molecule has 0 aromatic heterocycles. The highest BCUT2D eigenvalue weighted by atomic mass is 32.2. The summed E-state index contributed by atoms with van der Waals surface area (Å²) in [5.41, 5.74) is 0.699. The van der Waals surface area contributed by atoms with E-state index >= 15 is 0 Å². The molecule has 2 aliphatic heterocycles. The van der Waals surface area contributed by atoms with Crippen LogP contribution in [0.1, 0.15) is 20.3 Å². The van der Waals surface area contributed by atoms with E-state index in [1.54, 1.807) is 16.7 Å². The fraction of sp³-hybridized carbons (Fsp3) is 0.500. The van der Waals surface area contributed by atoms with E-state index in [-0.39, 0.29) is 29.8 Å². The molecule has 0 aliphatic carbocycles. The molecule has 2 fully saturated rings. The van der Waals surface area contributed by atoms with Crippen molar-refractivity contribution < 1.29 is 14.4 Å². The van der Waals surface area contributed by atoms with Gasteiger partial charge in [0.2, 0.25) is 11.8 Å². The van der Waals surface area contributed by atoms with Crippen molar-refractivity contribution in [1.82, 2.24) is 15.5 Å². The summed E-state index contributed by atoms with van der Waals surface area (Å²) >= 11 is 1.63. The number of carbonyl (C=O) groups excluding carboxylic acids is 3. The summed E-state index contributed by atoms with van der Waals surface area (Å²) in [7, 11) is 0. The third kappa shape index (κ3) is 3.80. The van der Waals surface area contributed by atoms with Gasteiger partial charge < -0.3 is 20.9 Å². The maximum absolute atomic E-state index is 12.6. The molecule has 3 rings (SSSR count). The van der Waals surface area contributed by atoms with Crippen LogP contribution in [0.5, 0.6) is 0 Å². The maximum atomic E-state index is 12.6. The van der Waals surface area contributed by atoms with E-state index in [1.807, 2.05) is 44.4 Å². The zero-order chi connectivity index (χ0) is 18.8. The van der Waals surface area contributed by atoms with Crippen LogP contribution in [0.3, 0.4) is 0 Å². The average molecular weight is 376 g/mol. The summed E-state index contributed by atoms with van der Waals surface area (Å²) in [5, 5.41) is 8.46. The van der Waals surface area contributed by atoms with Gasteiger partial charge in [-0.15, -0.1) is 11.8 Å². The largest absolute Gasteiger partial charge is 0.342 e. The van der Waals surface area contributed by atoms with Gasteiger partial charge in [-0.2, -0.15) is 0 Å². The fourth-order valence-corrected chi connectivity index (χ4v) is 3.81. The predicted molar refractivity (Wildman–Crippen MR) is 101 cm³/mol. The molecule has 0 saturated carbocycles. The smallest absolute Gasteiger partial charge is 0.319 e. The lowest BCUT2D eigenvalue weighted by molar-refractivity contribution is -0.148. The Hall–Kier alpha value is -2.22. The standard InChI is InChI=1S/C18H24N4O3S/c1-10(2)15-17(24)22-9-12(8-14(22)16(23)21-15)20-18(25)19-11-4-6-13(26-3)7-5-11/h4-7,10,12,14-15H,8-9H2,1-3H3,(H,21,23)(H2,19,20,25)/t12-,14-,15+/m0/s1. The number of carbonyl (C=O) groups is 3. The summed E-state index contributed by atoms with van der Waals surface area (Å²) in [4.78, 5) is 39.8. The molecule has 0 bridgehead atoms. The highest BCUT2D eigenvalue weighted by molar-refractivity contribution is 7.98. The van der Waals surface area contributed by atoms with Gasteiger partial charge in [-0.3, -0.25) is 9.59 Å². The Bertz CT molecular complexity index is 707. The van der Waals surface area contributed by atoms with Crippen molar-refractivity contribution in [1.29, 1.82) is 0 Å². The van der Waals surface area contributed by atoms with Crippen LogP contribution in [0.2, 0.25) is 0 Å². The molecule has 2 aliphatic rings. The van der Waals surface area contributed by atoms with E-state index < -0.39 is 12.1 Å². The quantitative estimate of drug-likeness (QED) is 0.697. The van der Waals surface area contributed by atoms with Crippen molar-refractivity contribution in [2.24, 2.45) is 5.92 Å². The highest BCUT2D eigenvalue weighted by Crippen LogP contribution is 2.25. The zero-order valence-corrected chi connectivity index (χ0v) is 15.9. The molecular formula is C18H24N4O3S. The first-order valence-electron chi connectivity index (χ1n) is 8.71. The molecule has 8 heteroatoms. The fourth-order valence-electron chi connectivity index (χ4n) is 3.40. The Kier molecular flexibility index (Phi) is 5.41. The second kappa shape index (κ2) is 7.57. The third-order valence-corrected chi connectivity index (χ3v) is 5.54. The van der Waals surface area contributed by atoms with E-state index in [0.717, 1.165) is 4.90 Å². The lowest BCUT2D eigenvalue weighted by atomic mass is 9.98. The number of benzene rings is 1. The van der Waals surface area contributed by atoms with Crippen LogP contribution in [0, 0.1) is 5.92 Å². The Morgan fingerprint density at radius 2 is 1.96 bits per heavy atom. The molecule has 0 unspecified atom stereocenters. The molecule has 0 spiro atoms. The molecule has 140 valence electrons. The second-order valence-electron chi connectivity index (χ2n) is 7.00. The van der Waals surface area contributed by atoms with Crippen LogP contribution in [0.4, 0.5) is 10.5 Å². The van der Waals surface area contributed by atoms with Gasteiger partial charge in [0.25, 0.3) is 0 Å². The molecule has 3 atom stereocenters. The van der Waals surface area contributed by atoms with Crippen molar-refractivity contribution in [3.8, 4) is 0 Å². The lowest BCUT2D eigenvalue weighted by Gasteiger charge is -2.36. The van der Waals surface area contributed by atoms with Crippen LogP contribution in [0.25, 0.3) is 0 Å². The predicted octanol–water partition coefficient (Wildman–Crippen LogP) is 1.65. The SMILES string of the molecule is CSc1ccc(NC(=O)N[C@H]2C[C@H]3C(=O)N[C@H](C(C)C)C(=O)N3C2)cc1. The topological polar surface area (TPSA) is 90.5 Å². The van der Waals surface area contributed by atoms with Crippen LogP contribution in [-0.2, 0) is 9.59 Å². The first kappa shape index (κ1) is 18.6. The van der Waals surface area contributed by atoms with Crippen molar-refractivity contribution in [3.05, 3.63) is 24.3 Å². The minimum absolute atomic E-state index is 0.0342. The van der Waals surface area contributed by atoms with Crippen LogP contribution in [-0.4, -0.2) is 53.7 Å². The van der Waals surface area contributed by atoms with Gasteiger partial charge in [0.05, 0.1) is 6.04 Å². The van der Waals surface area contributed by atoms with Crippen molar-refractivity contribution in [3.63, 3.8) is 0 Å². The molecule has 3 N–H and O–H groups in total. The molecule has 1 aromatic rings. The summed E-state index contributed by atoms with van der Waals surface area (Å²) in [5.74, 6) is -0.172. The minimum atomic E-state index is -0.497. The number of fused-ring (bicyclic) bond motifs is 1. The third-order valence-electron chi connectivity index (χ3n) is 4.80. The van der Waals surface area contributed by atoms with Gasteiger partial charge in [-0.25, -0.2) is 4.79 Å². The Morgan fingerprint density at radius 1 is 1.27 bits per heavy atom. The molecule has 2 saturated heterocycles. The summed E-state index contributed by atoms with van der Waals surface area (Å²) in [6, 6.07) is 5.99. The van der Waals surface area contributed by atoms with E-state index in [1.165, 1.54) is 0 Å². The van der Waals surface area contributed by atoms with E-state index in [2.05, 4.69) is 16.0 Å². The number of piperazine rings is 1. The number of urea groups is 1. The number of rotatable bonds is 4. The molecule has 1 aromatic carbocycles. The number of hydrogen-bond acceptors (Lipinski definition) is 4. The average Bonchev–Trinajstić information content (AvgIpc) is 3.03. The summed E-state index contributed by atoms with van der Waals surface area (Å²) in [6.07, 6.45) is 2.42. The van der Waals surface area contributed by atoms with Crippen LogP contribution in [0.15, 0.2) is 29.2 Å². The maximum Gasteiger partial charge on any atom is 0.319 e. The van der Waals surface area contributed by atoms with Crippen LogP contribution < -0.4 is 16.0 Å². The second-order valence-corrected chi connectivity index (χ2v) is 7.88. The molecule has 0 radical (unpaired) electrons. The van der Waals surface area contributed by atoms with E-state index in [9.17, 15) is 14.4 Å². The number of amides is 4. The first-order valence-corrected chi connectivity index (χ1v) is 9.94. The number of anilines is 1. The summed E-state index contributed by atoms with van der Waals surface area (Å²) < 4.78 is 0. The zero-order valence-electron chi connectivity index (χ0n) is 15.1.